The molecule has 0 aliphatic carbocycles. The minimum Gasteiger partial charge on any atom is -0.423 e. The van der Waals surface area contributed by atoms with E-state index in [1.54, 1.807) is 52.0 Å². The van der Waals surface area contributed by atoms with Crippen LogP contribution in [0.3, 0.4) is 0 Å². The van der Waals surface area contributed by atoms with Crippen LogP contribution in [-0.2, 0) is 39.0 Å². The van der Waals surface area contributed by atoms with Crippen LogP contribution in [0.5, 0.6) is 0 Å². The molecule has 436 valence electrons. The Morgan fingerprint density at radius 2 is 0.679 bits per heavy atom. The Bertz CT molecular complexity index is 2660. The van der Waals surface area contributed by atoms with Crippen LogP contribution in [0.25, 0.3) is 0 Å². The van der Waals surface area contributed by atoms with Crippen molar-refractivity contribution < 1.29 is 48.2 Å². The molecule has 0 atom stereocenters. The molecular formula is C62H85B4BrO10S4. The highest BCUT2D eigenvalue weighted by Gasteiger charge is 2.53. The minimum absolute atomic E-state index is 0.279. The molecule has 0 radical (unpaired) electrons. The third-order valence-electron chi connectivity index (χ3n) is 15.2. The summed E-state index contributed by atoms with van der Waals surface area (Å²) in [5, 5.41) is 36.5. The Morgan fingerprint density at radius 1 is 0.420 bits per heavy atom. The molecule has 3 heterocycles. The number of aliphatic hydroxyl groups is 2. The van der Waals surface area contributed by atoms with Crippen LogP contribution < -0.4 is 21.9 Å². The van der Waals surface area contributed by atoms with Gasteiger partial charge in [0.05, 0.1) is 44.8 Å². The molecule has 4 N–H and O–H groups in total. The monoisotopic (exact) mass is 1240 g/mol. The van der Waals surface area contributed by atoms with Gasteiger partial charge in [0.25, 0.3) is 0 Å². The van der Waals surface area contributed by atoms with E-state index in [1.165, 1.54) is 16.0 Å². The summed E-state index contributed by atoms with van der Waals surface area (Å²) in [7, 11) is -2.22. The zero-order valence-corrected chi connectivity index (χ0v) is 55.2. The number of halogens is 1. The number of hydrogen-bond donors (Lipinski definition) is 7. The lowest BCUT2D eigenvalue weighted by molar-refractivity contribution is -0.107. The molecule has 19 heteroatoms. The summed E-state index contributed by atoms with van der Waals surface area (Å²) in [5.41, 5.74) is 2.58. The first-order valence-corrected chi connectivity index (χ1v) is 30.5. The Morgan fingerprint density at radius 3 is 0.926 bits per heavy atom. The van der Waals surface area contributed by atoms with Gasteiger partial charge in [-0.05, 0) is 192 Å². The smallest absolute Gasteiger partial charge is 0.423 e. The van der Waals surface area contributed by atoms with Crippen molar-refractivity contribution in [3.05, 3.63) is 169 Å². The summed E-state index contributed by atoms with van der Waals surface area (Å²) in [6, 6.07) is 51.7. The first-order chi connectivity index (χ1) is 37.4. The van der Waals surface area contributed by atoms with Gasteiger partial charge in [-0.2, -0.15) is 0 Å². The molecule has 0 spiro atoms. The van der Waals surface area contributed by atoms with Crippen LogP contribution in [0.2, 0.25) is 0 Å². The molecule has 81 heavy (non-hydrogen) atoms. The van der Waals surface area contributed by atoms with Crippen LogP contribution in [0.15, 0.2) is 177 Å². The summed E-state index contributed by atoms with van der Waals surface area (Å²) in [6.07, 6.45) is 0. The predicted molar refractivity (Wildman–Crippen MR) is 352 cm³/mol. The van der Waals surface area contributed by atoms with Gasteiger partial charge in [0, 0.05) is 30.7 Å². The average molecular weight is 1240 g/mol. The van der Waals surface area contributed by atoms with Crippen molar-refractivity contribution in [3.8, 4) is 0 Å². The maximum Gasteiger partial charge on any atom is 0.494 e. The third kappa shape index (κ3) is 21.5. The zero-order chi connectivity index (χ0) is 60.8. The lowest BCUT2D eigenvalue weighted by Crippen LogP contribution is -2.44. The molecule has 3 fully saturated rings. The van der Waals surface area contributed by atoms with Crippen molar-refractivity contribution >= 4 is 116 Å². The number of thiol groups is 3. The Labute approximate surface area is 515 Å². The average Bonchev–Trinajstić information content (AvgIpc) is 4.14. The number of alkyl halides is 1. The fourth-order valence-electron chi connectivity index (χ4n) is 6.88. The topological polar surface area (TPSA) is 136 Å². The lowest BCUT2D eigenvalue weighted by Gasteiger charge is -2.32. The van der Waals surface area contributed by atoms with Crippen molar-refractivity contribution in [1.29, 1.82) is 0 Å². The maximum absolute atomic E-state index is 9.10. The van der Waals surface area contributed by atoms with Crippen molar-refractivity contribution in [2.75, 3.05) is 0 Å². The molecule has 0 bridgehead atoms. The van der Waals surface area contributed by atoms with E-state index in [9.17, 15) is 0 Å². The van der Waals surface area contributed by atoms with E-state index >= 15 is 0 Å². The van der Waals surface area contributed by atoms with Crippen LogP contribution in [0, 0.1) is 0 Å². The second-order valence-corrected chi connectivity index (χ2v) is 27.2. The van der Waals surface area contributed by atoms with Crippen LogP contribution in [0.4, 0.5) is 0 Å². The summed E-state index contributed by atoms with van der Waals surface area (Å²) in [6.45, 7) is 31.1. The Balaban J connectivity index is 0.000000218. The van der Waals surface area contributed by atoms with E-state index in [0.29, 0.717) is 5.46 Å². The van der Waals surface area contributed by atoms with E-state index in [2.05, 4.69) is 198 Å². The first kappa shape index (κ1) is 70.5. The largest absolute Gasteiger partial charge is 0.494 e. The standard InChI is InChI=1S/C19H23BO2S.2C12H17BO2S.C7H7Br.C6H7BO2S.C6H14O2/c1-18(2)19(3,4)22-20(21-18)16-10-12-17(13-11-16)23-14-15-8-6-5-7-9-15;2*1-11(2)12(3,4)15-13(14-11)9-5-7-10(16)8-6-9;8-6-7-4-2-1-3-5-7;8-7(9)5-1-3-6(10)4-2-5;1-5(2,7)6(3,4)8/h5-13H,14H2,1-4H3;2*5-8,16H,1-4H3;1-5H,6H2;1-4,8-10H;7-8H,1-4H3. The van der Waals surface area contributed by atoms with Crippen molar-refractivity contribution in [2.24, 2.45) is 0 Å². The van der Waals surface area contributed by atoms with E-state index < -0.39 is 18.3 Å². The molecule has 6 aromatic carbocycles. The molecule has 0 unspecified atom stereocenters. The van der Waals surface area contributed by atoms with Crippen LogP contribution in [-0.4, -0.2) is 93.5 Å². The van der Waals surface area contributed by atoms with E-state index in [1.807, 2.05) is 84.6 Å². The van der Waals surface area contributed by atoms with Gasteiger partial charge in [0.1, 0.15) is 0 Å². The van der Waals surface area contributed by atoms with Gasteiger partial charge in [-0.1, -0.05) is 125 Å². The minimum atomic E-state index is -1.38. The highest BCUT2D eigenvalue weighted by atomic mass is 79.9. The van der Waals surface area contributed by atoms with Gasteiger partial charge in [-0.3, -0.25) is 0 Å². The molecule has 3 aliphatic heterocycles. The lowest BCUT2D eigenvalue weighted by atomic mass is 9.79. The fraction of sp³-hybridized carbons (Fsp3) is 0.419. The Hall–Kier alpha value is -2.94. The molecule has 10 nitrogen and oxygen atoms in total. The summed E-state index contributed by atoms with van der Waals surface area (Å²) in [4.78, 5) is 3.96. The number of thioether (sulfide) groups is 1. The van der Waals surface area contributed by atoms with Gasteiger partial charge in [0.2, 0.25) is 0 Å². The summed E-state index contributed by atoms with van der Waals surface area (Å²) >= 11 is 17.8. The number of rotatable bonds is 9. The van der Waals surface area contributed by atoms with Crippen LogP contribution >= 0.6 is 65.6 Å². The van der Waals surface area contributed by atoms with Crippen molar-refractivity contribution in [3.63, 3.8) is 0 Å². The molecule has 6 aromatic rings. The summed E-state index contributed by atoms with van der Waals surface area (Å²) < 4.78 is 36.0. The maximum atomic E-state index is 9.10. The molecule has 0 saturated carbocycles. The summed E-state index contributed by atoms with van der Waals surface area (Å²) in [5.74, 6) is 0.983. The predicted octanol–water partition coefficient (Wildman–Crippen LogP) is 11.6. The van der Waals surface area contributed by atoms with Gasteiger partial charge in [-0.25, -0.2) is 0 Å². The molecular weight excluding hydrogens is 1160 g/mol. The molecule has 3 aliphatic rings. The second-order valence-electron chi connectivity index (χ2n) is 24.0. The third-order valence-corrected chi connectivity index (χ3v) is 17.8. The van der Waals surface area contributed by atoms with Gasteiger partial charge >= 0.3 is 28.5 Å². The van der Waals surface area contributed by atoms with Crippen molar-refractivity contribution in [1.82, 2.24) is 0 Å². The first-order valence-electron chi connectivity index (χ1n) is 27.0. The molecule has 0 aromatic heterocycles. The van der Waals surface area contributed by atoms with Gasteiger partial charge < -0.3 is 48.2 Å². The van der Waals surface area contributed by atoms with Crippen molar-refractivity contribution in [2.45, 2.75) is 186 Å². The molecule has 3 saturated heterocycles. The van der Waals surface area contributed by atoms with E-state index in [4.69, 9.17) is 48.2 Å². The van der Waals surface area contributed by atoms with E-state index in [0.717, 1.165) is 42.2 Å². The SMILES string of the molecule is BrCc1ccccc1.CC(C)(O)C(C)(C)O.CC1(C)OB(c2ccc(S)cc2)OC1(C)C.CC1(C)OB(c2ccc(S)cc2)OC1(C)C.CC1(C)OB(c2ccc(SCc3ccccc3)cc2)OC1(C)C.OB(O)c1ccc(S)cc1. The normalized spacial score (nSPS) is 17.8. The van der Waals surface area contributed by atoms with Crippen LogP contribution in [0.1, 0.15) is 122 Å². The fourth-order valence-corrected chi connectivity index (χ4v) is 8.55. The van der Waals surface area contributed by atoms with E-state index in [-0.39, 0.29) is 55.0 Å². The number of hydrogen-bond acceptors (Lipinski definition) is 14. The highest BCUT2D eigenvalue weighted by molar-refractivity contribution is 9.08. The number of benzene rings is 6. The molecule has 9 rings (SSSR count). The Kier molecular flexibility index (Phi) is 26.1. The highest BCUT2D eigenvalue weighted by Crippen LogP contribution is 2.39. The van der Waals surface area contributed by atoms with Gasteiger partial charge in [-0.15, -0.1) is 49.6 Å². The quantitative estimate of drug-likeness (QED) is 0.0323. The van der Waals surface area contributed by atoms with Gasteiger partial charge in [0.15, 0.2) is 0 Å². The second kappa shape index (κ2) is 29.9. The molecule has 0 amide bonds. The zero-order valence-electron chi connectivity index (χ0n) is 50.1.